The van der Waals surface area contributed by atoms with E-state index in [1.54, 1.807) is 0 Å². The fourth-order valence-electron chi connectivity index (χ4n) is 11.0. The largest absolute Gasteiger partial charge is 0.456 e. The molecule has 0 amide bonds. The molecule has 1 fully saturated rings. The molecule has 0 unspecified atom stereocenters. The van der Waals surface area contributed by atoms with Gasteiger partial charge >= 0.3 is 0 Å². The van der Waals surface area contributed by atoms with Gasteiger partial charge in [0.05, 0.1) is 11.4 Å². The summed E-state index contributed by atoms with van der Waals surface area (Å²) in [5, 5.41) is 2.38. The first-order valence-corrected chi connectivity index (χ1v) is 21.1. The van der Waals surface area contributed by atoms with Crippen molar-refractivity contribution in [1.29, 1.82) is 0 Å². The van der Waals surface area contributed by atoms with E-state index in [2.05, 4.69) is 174 Å². The minimum absolute atomic E-state index is 0.138. The second kappa shape index (κ2) is 13.8. The zero-order chi connectivity index (χ0) is 37.9. The molecular formula is C54H48N2O. The molecule has 3 heteroatoms. The highest BCUT2D eigenvalue weighted by molar-refractivity contribution is 6.08. The Hall–Kier alpha value is -6.06. The molecule has 0 saturated heterocycles. The number of para-hydroxylation sites is 2. The van der Waals surface area contributed by atoms with Gasteiger partial charge in [-0.2, -0.15) is 0 Å². The monoisotopic (exact) mass is 740 g/mol. The maximum Gasteiger partial charge on any atom is 0.137 e. The summed E-state index contributed by atoms with van der Waals surface area (Å²) in [5.41, 5.74) is 17.6. The second-order valence-corrected chi connectivity index (χ2v) is 16.7. The summed E-state index contributed by atoms with van der Waals surface area (Å²) in [6.07, 6.45) is 10.9. The average molecular weight is 741 g/mol. The van der Waals surface area contributed by atoms with Gasteiger partial charge in [0.1, 0.15) is 11.2 Å². The lowest BCUT2D eigenvalue weighted by Gasteiger charge is -2.37. The molecule has 1 heterocycles. The number of anilines is 6. The Morgan fingerprint density at radius 1 is 0.509 bits per heavy atom. The summed E-state index contributed by atoms with van der Waals surface area (Å²) in [6, 6.07) is 58.8. The summed E-state index contributed by atoms with van der Waals surface area (Å²) in [4.78, 5) is 5.04. The molecule has 1 aromatic heterocycles. The van der Waals surface area contributed by atoms with E-state index in [1.807, 2.05) is 0 Å². The molecule has 3 aliphatic carbocycles. The number of benzene rings is 7. The molecule has 0 N–H and O–H groups in total. The molecule has 1 atom stereocenters. The van der Waals surface area contributed by atoms with Crippen molar-refractivity contribution in [1.82, 2.24) is 0 Å². The fraction of sp³-hybridized carbons (Fsp3) is 0.222. The van der Waals surface area contributed by atoms with Crippen LogP contribution < -0.4 is 9.80 Å². The third-order valence-corrected chi connectivity index (χ3v) is 13.5. The van der Waals surface area contributed by atoms with Crippen LogP contribution in [0.3, 0.4) is 0 Å². The van der Waals surface area contributed by atoms with Crippen LogP contribution in [0.5, 0.6) is 0 Å². The molecule has 0 radical (unpaired) electrons. The van der Waals surface area contributed by atoms with Gasteiger partial charge in [-0.25, -0.2) is 0 Å². The van der Waals surface area contributed by atoms with Gasteiger partial charge < -0.3 is 14.2 Å². The number of fused-ring (bicyclic) bond motifs is 7. The van der Waals surface area contributed by atoms with E-state index in [1.165, 1.54) is 105 Å². The first-order chi connectivity index (χ1) is 28.2. The molecular weight excluding hydrogens is 693 g/mol. The predicted molar refractivity (Wildman–Crippen MR) is 238 cm³/mol. The zero-order valence-electron chi connectivity index (χ0n) is 32.8. The molecule has 7 aromatic carbocycles. The minimum atomic E-state index is -0.138. The van der Waals surface area contributed by atoms with Crippen LogP contribution in [-0.4, -0.2) is 0 Å². The number of hydrogen-bond donors (Lipinski definition) is 0. The number of hydrogen-bond acceptors (Lipinski definition) is 3. The average Bonchev–Trinajstić information content (AvgIpc) is 3.97. The van der Waals surface area contributed by atoms with Gasteiger partial charge in [0, 0.05) is 45.0 Å². The standard InChI is InChI=1S/C54H48N2O/c1-37-14-11-25-49-51(37)46-31-30-45(36-50(46)57-49)56(44-28-26-39(27-29-44)38-15-5-2-6-16-38)48-24-13-18-41-33-35-54(53(41)48)34-32-40-17-12-23-47(52(40)54)55(42-19-7-3-8-20-42)43-21-9-4-10-22-43/h3-4,7-14,17-31,36,38H,2,5-6,15-16,32-35H2,1H3/t54-/m1/s1. The minimum Gasteiger partial charge on any atom is -0.456 e. The van der Waals surface area contributed by atoms with E-state index in [4.69, 9.17) is 4.42 Å². The van der Waals surface area contributed by atoms with Gasteiger partial charge in [-0.3, -0.25) is 0 Å². The van der Waals surface area contributed by atoms with Gasteiger partial charge in [-0.1, -0.05) is 104 Å². The van der Waals surface area contributed by atoms with Crippen LogP contribution in [0.2, 0.25) is 0 Å². The molecule has 8 aromatic rings. The lowest BCUT2D eigenvalue weighted by molar-refractivity contribution is 0.443. The predicted octanol–water partition coefficient (Wildman–Crippen LogP) is 15.1. The molecule has 280 valence electrons. The highest BCUT2D eigenvalue weighted by Gasteiger charge is 2.49. The Balaban J connectivity index is 1.12. The van der Waals surface area contributed by atoms with Crippen LogP contribution in [0.1, 0.15) is 84.2 Å². The Labute approximate surface area is 336 Å². The molecule has 0 aliphatic heterocycles. The van der Waals surface area contributed by atoms with Crippen molar-refractivity contribution in [3.63, 3.8) is 0 Å². The lowest BCUT2D eigenvalue weighted by Crippen LogP contribution is -2.27. The quantitative estimate of drug-likeness (QED) is 0.162. The van der Waals surface area contributed by atoms with E-state index < -0.39 is 0 Å². The first-order valence-electron chi connectivity index (χ1n) is 21.1. The van der Waals surface area contributed by atoms with E-state index in [-0.39, 0.29) is 5.41 Å². The first kappa shape index (κ1) is 34.2. The Morgan fingerprint density at radius 2 is 1.07 bits per heavy atom. The Morgan fingerprint density at radius 3 is 1.70 bits per heavy atom. The fourth-order valence-corrected chi connectivity index (χ4v) is 11.0. The summed E-state index contributed by atoms with van der Waals surface area (Å²) < 4.78 is 6.62. The summed E-state index contributed by atoms with van der Waals surface area (Å²) >= 11 is 0. The topological polar surface area (TPSA) is 19.6 Å². The molecule has 0 bridgehead atoms. The zero-order valence-corrected chi connectivity index (χ0v) is 32.8. The SMILES string of the molecule is Cc1cccc2oc3cc(N(c4ccc(C5CCCCC5)cc4)c4cccc5c4[C@]4(CCc6cccc(N(c7ccccc7)c7ccccc7)c64)CC5)ccc3c12. The highest BCUT2D eigenvalue weighted by atomic mass is 16.3. The second-order valence-electron chi connectivity index (χ2n) is 16.7. The number of nitrogens with zero attached hydrogens (tertiary/aromatic N) is 2. The van der Waals surface area contributed by atoms with E-state index in [0.717, 1.165) is 42.5 Å². The molecule has 3 aliphatic rings. The van der Waals surface area contributed by atoms with Crippen molar-refractivity contribution in [2.75, 3.05) is 9.80 Å². The third kappa shape index (κ3) is 5.62. The van der Waals surface area contributed by atoms with E-state index >= 15 is 0 Å². The molecule has 1 spiro atoms. The van der Waals surface area contributed by atoms with Gasteiger partial charge in [0.25, 0.3) is 0 Å². The lowest BCUT2D eigenvalue weighted by atomic mass is 9.74. The summed E-state index contributed by atoms with van der Waals surface area (Å²) in [5.74, 6) is 0.659. The summed E-state index contributed by atoms with van der Waals surface area (Å²) in [6.45, 7) is 2.18. The van der Waals surface area contributed by atoms with Crippen LogP contribution >= 0.6 is 0 Å². The highest BCUT2D eigenvalue weighted by Crippen LogP contribution is 2.60. The Kier molecular flexibility index (Phi) is 8.31. The van der Waals surface area contributed by atoms with Crippen molar-refractivity contribution >= 4 is 56.1 Å². The molecule has 1 saturated carbocycles. The number of furan rings is 1. The normalized spacial score (nSPS) is 17.6. The van der Waals surface area contributed by atoms with Crippen LogP contribution in [0.25, 0.3) is 21.9 Å². The van der Waals surface area contributed by atoms with Gasteiger partial charge in [0.15, 0.2) is 0 Å². The van der Waals surface area contributed by atoms with Crippen LogP contribution in [0, 0.1) is 6.92 Å². The van der Waals surface area contributed by atoms with Crippen molar-refractivity contribution in [2.45, 2.75) is 76.0 Å². The maximum atomic E-state index is 6.62. The molecule has 3 nitrogen and oxygen atoms in total. The van der Waals surface area contributed by atoms with E-state index in [9.17, 15) is 0 Å². The van der Waals surface area contributed by atoms with Crippen molar-refractivity contribution in [3.05, 3.63) is 191 Å². The van der Waals surface area contributed by atoms with Gasteiger partial charge in [-0.05, 0) is 151 Å². The van der Waals surface area contributed by atoms with Crippen molar-refractivity contribution < 1.29 is 4.42 Å². The molecule has 11 rings (SSSR count). The maximum absolute atomic E-state index is 6.62. The van der Waals surface area contributed by atoms with Crippen molar-refractivity contribution in [2.24, 2.45) is 0 Å². The number of rotatable bonds is 7. The van der Waals surface area contributed by atoms with E-state index in [0.29, 0.717) is 5.92 Å². The smallest absolute Gasteiger partial charge is 0.137 e. The van der Waals surface area contributed by atoms with Gasteiger partial charge in [0.2, 0.25) is 0 Å². The van der Waals surface area contributed by atoms with Crippen molar-refractivity contribution in [3.8, 4) is 0 Å². The molecule has 57 heavy (non-hydrogen) atoms. The number of aryl methyl sites for hydroxylation is 3. The Bertz CT molecular complexity index is 2700. The van der Waals surface area contributed by atoms with Gasteiger partial charge in [-0.15, -0.1) is 0 Å². The van der Waals surface area contributed by atoms with Crippen LogP contribution in [0.4, 0.5) is 34.1 Å². The summed E-state index contributed by atoms with van der Waals surface area (Å²) in [7, 11) is 0. The van der Waals surface area contributed by atoms with Crippen LogP contribution in [0.15, 0.2) is 162 Å². The third-order valence-electron chi connectivity index (χ3n) is 13.5. The van der Waals surface area contributed by atoms with Crippen LogP contribution in [-0.2, 0) is 18.3 Å².